The van der Waals surface area contributed by atoms with Gasteiger partial charge < -0.3 is 10.1 Å². The molecule has 116 valence electrons. The van der Waals surface area contributed by atoms with E-state index in [4.69, 9.17) is 4.74 Å². The molecule has 1 atom stereocenters. The minimum absolute atomic E-state index is 0.0377. The van der Waals surface area contributed by atoms with Crippen molar-refractivity contribution in [2.24, 2.45) is 0 Å². The molecule has 1 aliphatic rings. The van der Waals surface area contributed by atoms with Gasteiger partial charge in [0.15, 0.2) is 5.13 Å². The Kier molecular flexibility index (Phi) is 4.58. The second kappa shape index (κ2) is 6.79. The first-order valence-electron chi connectivity index (χ1n) is 7.50. The normalized spacial score (nSPS) is 17.0. The monoisotopic (exact) mass is 317 g/mol. The van der Waals surface area contributed by atoms with E-state index in [1.807, 2.05) is 24.3 Å². The van der Waals surface area contributed by atoms with Crippen LogP contribution in [0.1, 0.15) is 36.2 Å². The highest BCUT2D eigenvalue weighted by atomic mass is 32.1. The molecule has 3 rings (SSSR count). The minimum atomic E-state index is -0.223. The lowest BCUT2D eigenvalue weighted by molar-refractivity contribution is 0.247. The number of aryl methyl sites for hydroxylation is 1. The van der Waals surface area contributed by atoms with E-state index < -0.39 is 0 Å². The van der Waals surface area contributed by atoms with Crippen LogP contribution in [0.2, 0.25) is 0 Å². The predicted octanol–water partition coefficient (Wildman–Crippen LogP) is 3.74. The van der Waals surface area contributed by atoms with E-state index in [0.29, 0.717) is 11.7 Å². The summed E-state index contributed by atoms with van der Waals surface area (Å²) in [6.07, 6.45) is 4.50. The molecule has 2 heterocycles. The van der Waals surface area contributed by atoms with Gasteiger partial charge in [0.1, 0.15) is 5.75 Å². The number of hydrogen-bond donors (Lipinski definition) is 2. The highest BCUT2D eigenvalue weighted by molar-refractivity contribution is 7.15. The zero-order valence-electron chi connectivity index (χ0n) is 12.5. The molecule has 2 aromatic rings. The van der Waals surface area contributed by atoms with Gasteiger partial charge >= 0.3 is 6.03 Å². The molecule has 0 spiro atoms. The number of amides is 2. The van der Waals surface area contributed by atoms with Gasteiger partial charge in [0.25, 0.3) is 0 Å². The molecule has 1 aromatic carbocycles. The zero-order chi connectivity index (χ0) is 15.4. The summed E-state index contributed by atoms with van der Waals surface area (Å²) in [7, 11) is 0. The van der Waals surface area contributed by atoms with E-state index >= 15 is 0 Å². The highest BCUT2D eigenvalue weighted by Crippen LogP contribution is 2.31. The quantitative estimate of drug-likeness (QED) is 0.906. The Morgan fingerprint density at radius 2 is 2.32 bits per heavy atom. The second-order valence-electron chi connectivity index (χ2n) is 5.16. The fourth-order valence-electron chi connectivity index (χ4n) is 2.50. The number of fused-ring (bicyclic) bond motifs is 1. The Balaban J connectivity index is 1.68. The molecule has 1 unspecified atom stereocenters. The molecule has 0 saturated carbocycles. The summed E-state index contributed by atoms with van der Waals surface area (Å²) in [5, 5.41) is 6.47. The SMILES string of the molecule is CCc1cnc(NC(=O)NC2CCCOc3ccccc32)s1. The van der Waals surface area contributed by atoms with Crippen molar-refractivity contribution in [2.75, 3.05) is 11.9 Å². The van der Waals surface area contributed by atoms with Gasteiger partial charge in [-0.05, 0) is 25.3 Å². The van der Waals surface area contributed by atoms with E-state index in [1.165, 1.54) is 11.3 Å². The standard InChI is InChI=1S/C16H19N3O2S/c1-2-11-10-17-16(22-11)19-15(20)18-13-7-5-9-21-14-8-4-3-6-12(13)14/h3-4,6,8,10,13H,2,5,7,9H2,1H3,(H2,17,18,19,20). The molecule has 1 aromatic heterocycles. The first kappa shape index (κ1) is 14.8. The van der Waals surface area contributed by atoms with Crippen molar-refractivity contribution in [3.63, 3.8) is 0 Å². The van der Waals surface area contributed by atoms with E-state index in [2.05, 4.69) is 22.5 Å². The van der Waals surface area contributed by atoms with Gasteiger partial charge in [0.05, 0.1) is 12.6 Å². The summed E-state index contributed by atoms with van der Waals surface area (Å²) in [5.74, 6) is 0.854. The molecule has 2 amide bonds. The maximum absolute atomic E-state index is 12.2. The fourth-order valence-corrected chi connectivity index (χ4v) is 3.24. The number of carbonyl (C=O) groups excluding carboxylic acids is 1. The van der Waals surface area contributed by atoms with Crippen LogP contribution in [-0.4, -0.2) is 17.6 Å². The van der Waals surface area contributed by atoms with Crippen LogP contribution in [0.15, 0.2) is 30.5 Å². The van der Waals surface area contributed by atoms with Crippen molar-refractivity contribution in [3.05, 3.63) is 40.9 Å². The molecular weight excluding hydrogens is 298 g/mol. The molecule has 0 radical (unpaired) electrons. The van der Waals surface area contributed by atoms with Crippen LogP contribution in [0.5, 0.6) is 5.75 Å². The van der Waals surface area contributed by atoms with Gasteiger partial charge in [0.2, 0.25) is 0 Å². The summed E-state index contributed by atoms with van der Waals surface area (Å²) in [6.45, 7) is 2.75. The summed E-state index contributed by atoms with van der Waals surface area (Å²) >= 11 is 1.51. The van der Waals surface area contributed by atoms with Crippen LogP contribution in [-0.2, 0) is 6.42 Å². The summed E-state index contributed by atoms with van der Waals surface area (Å²) in [6, 6.07) is 7.60. The molecule has 22 heavy (non-hydrogen) atoms. The van der Waals surface area contributed by atoms with E-state index in [1.54, 1.807) is 6.20 Å². The topological polar surface area (TPSA) is 63.2 Å². The third-order valence-corrected chi connectivity index (χ3v) is 4.67. The van der Waals surface area contributed by atoms with Crippen molar-refractivity contribution in [1.29, 1.82) is 0 Å². The average Bonchev–Trinajstić information content (AvgIpc) is 2.88. The molecule has 0 aliphatic carbocycles. The second-order valence-corrected chi connectivity index (χ2v) is 6.28. The lowest BCUT2D eigenvalue weighted by atomic mass is 10.0. The van der Waals surface area contributed by atoms with Crippen LogP contribution in [0, 0.1) is 0 Å². The highest BCUT2D eigenvalue weighted by Gasteiger charge is 2.21. The molecule has 0 bridgehead atoms. The number of anilines is 1. The van der Waals surface area contributed by atoms with Gasteiger partial charge in [-0.1, -0.05) is 25.1 Å². The van der Waals surface area contributed by atoms with Crippen molar-refractivity contribution in [2.45, 2.75) is 32.2 Å². The van der Waals surface area contributed by atoms with Crippen LogP contribution >= 0.6 is 11.3 Å². The predicted molar refractivity (Wildman–Crippen MR) is 87.6 cm³/mol. The molecule has 0 fully saturated rings. The maximum atomic E-state index is 12.2. The minimum Gasteiger partial charge on any atom is -0.493 e. The smallest absolute Gasteiger partial charge is 0.321 e. The Bertz CT molecular complexity index is 656. The van der Waals surface area contributed by atoms with Crippen LogP contribution < -0.4 is 15.4 Å². The molecular formula is C16H19N3O2S. The molecule has 6 heteroatoms. The lowest BCUT2D eigenvalue weighted by Crippen LogP contribution is -2.32. The molecule has 2 N–H and O–H groups in total. The third-order valence-electron chi connectivity index (χ3n) is 3.62. The number of ether oxygens (including phenoxy) is 1. The number of urea groups is 1. The summed E-state index contributed by atoms with van der Waals surface area (Å²) < 4.78 is 5.71. The van der Waals surface area contributed by atoms with E-state index in [-0.39, 0.29) is 12.1 Å². The van der Waals surface area contributed by atoms with Gasteiger partial charge in [-0.2, -0.15) is 0 Å². The zero-order valence-corrected chi connectivity index (χ0v) is 13.3. The number of carbonyl (C=O) groups is 1. The number of hydrogen-bond acceptors (Lipinski definition) is 4. The molecule has 1 aliphatic heterocycles. The molecule has 5 nitrogen and oxygen atoms in total. The summed E-state index contributed by atoms with van der Waals surface area (Å²) in [5.41, 5.74) is 1.03. The van der Waals surface area contributed by atoms with Crippen molar-refractivity contribution in [3.8, 4) is 5.75 Å². The third kappa shape index (κ3) is 3.39. The number of thiazole rings is 1. The van der Waals surface area contributed by atoms with Crippen molar-refractivity contribution in [1.82, 2.24) is 10.3 Å². The van der Waals surface area contributed by atoms with Gasteiger partial charge in [0, 0.05) is 16.6 Å². The van der Waals surface area contributed by atoms with E-state index in [0.717, 1.165) is 35.5 Å². The van der Waals surface area contributed by atoms with Gasteiger partial charge in [-0.25, -0.2) is 9.78 Å². The fraction of sp³-hybridized carbons (Fsp3) is 0.375. The Labute approximate surface area is 133 Å². The Morgan fingerprint density at radius 1 is 1.45 bits per heavy atom. The molecule has 0 saturated heterocycles. The largest absolute Gasteiger partial charge is 0.493 e. The van der Waals surface area contributed by atoms with Gasteiger partial charge in [-0.3, -0.25) is 5.32 Å². The van der Waals surface area contributed by atoms with E-state index in [9.17, 15) is 4.79 Å². The maximum Gasteiger partial charge on any atom is 0.321 e. The Hall–Kier alpha value is -2.08. The average molecular weight is 317 g/mol. The summed E-state index contributed by atoms with van der Waals surface area (Å²) in [4.78, 5) is 17.6. The van der Waals surface area contributed by atoms with Crippen LogP contribution in [0.25, 0.3) is 0 Å². The first-order chi connectivity index (χ1) is 10.8. The van der Waals surface area contributed by atoms with Gasteiger partial charge in [-0.15, -0.1) is 11.3 Å². The number of para-hydroxylation sites is 1. The number of benzene rings is 1. The number of nitrogens with one attached hydrogen (secondary N) is 2. The first-order valence-corrected chi connectivity index (χ1v) is 8.32. The number of rotatable bonds is 3. The van der Waals surface area contributed by atoms with Crippen LogP contribution in [0.3, 0.4) is 0 Å². The lowest BCUT2D eigenvalue weighted by Gasteiger charge is -2.18. The van der Waals surface area contributed by atoms with Crippen LogP contribution in [0.4, 0.5) is 9.93 Å². The number of aromatic nitrogens is 1. The Morgan fingerprint density at radius 3 is 3.14 bits per heavy atom. The van der Waals surface area contributed by atoms with Crippen molar-refractivity contribution < 1.29 is 9.53 Å². The van der Waals surface area contributed by atoms with Crippen molar-refractivity contribution >= 4 is 22.5 Å². The number of nitrogens with zero attached hydrogens (tertiary/aromatic N) is 1.